The smallest absolute Gasteiger partial charge is 0.276 e. The lowest BCUT2D eigenvalue weighted by molar-refractivity contribution is -0.0145. The molecule has 0 unspecified atom stereocenters. The van der Waals surface area contributed by atoms with Crippen LogP contribution in [0.2, 0.25) is 5.02 Å². The van der Waals surface area contributed by atoms with Crippen LogP contribution in [0, 0.1) is 5.82 Å². The third-order valence-corrected chi connectivity index (χ3v) is 4.27. The fourth-order valence-corrected chi connectivity index (χ4v) is 2.94. The highest BCUT2D eigenvalue weighted by atomic mass is 35.5. The maximum absolute atomic E-state index is 14.4. The number of amides is 1. The van der Waals surface area contributed by atoms with Crippen LogP contribution in [0.5, 0.6) is 0 Å². The van der Waals surface area contributed by atoms with Crippen LogP contribution in [0.1, 0.15) is 16.1 Å². The summed E-state index contributed by atoms with van der Waals surface area (Å²) in [7, 11) is 0. The summed E-state index contributed by atoms with van der Waals surface area (Å²) in [6.07, 6.45) is -1.87. The number of aliphatic imine (C=N–C) groups is 1. The molecule has 1 amide bonds. The van der Waals surface area contributed by atoms with E-state index < -0.39 is 35.9 Å². The molecule has 2 heterocycles. The molecule has 0 aliphatic carbocycles. The van der Waals surface area contributed by atoms with E-state index in [-0.39, 0.29) is 46.9 Å². The van der Waals surface area contributed by atoms with E-state index in [1.165, 1.54) is 18.3 Å². The van der Waals surface area contributed by atoms with E-state index in [0.29, 0.717) is 0 Å². The quantitative estimate of drug-likeness (QED) is 0.663. The number of alkyl halides is 2. The minimum absolute atomic E-state index is 0. The lowest BCUT2D eigenvalue weighted by Gasteiger charge is -2.33. The molecule has 1 atom stereocenters. The maximum Gasteiger partial charge on any atom is 0.276 e. The van der Waals surface area contributed by atoms with Crippen LogP contribution < -0.4 is 16.8 Å². The van der Waals surface area contributed by atoms with Crippen LogP contribution in [-0.2, 0) is 10.3 Å². The van der Waals surface area contributed by atoms with Crippen molar-refractivity contribution in [2.75, 3.05) is 24.3 Å². The Morgan fingerprint density at radius 2 is 2.03 bits per heavy atom. The van der Waals surface area contributed by atoms with Gasteiger partial charge in [-0.15, -0.1) is 12.4 Å². The number of hydrogen-bond acceptors (Lipinski definition) is 6. The first-order valence-corrected chi connectivity index (χ1v) is 8.33. The molecule has 0 bridgehead atoms. The average molecular weight is 450 g/mol. The van der Waals surface area contributed by atoms with Gasteiger partial charge in [0.05, 0.1) is 17.3 Å². The molecule has 1 aliphatic heterocycles. The molecule has 12 heteroatoms. The maximum atomic E-state index is 14.4. The Kier molecular flexibility index (Phi) is 6.93. The standard InChI is InChI=1S/C17H15ClF3N5O2.ClH/c18-8-3-12(22)14(24-5-8)15(27)25-9-1-2-11(19)10(4-9)17(16(20)21)7-28-6-13(23)26-17;/h1-5,16H,6-7,22H2,(H2,23,26)(H,25,27);1H/t17-;/m0./s1. The first-order valence-electron chi connectivity index (χ1n) is 7.95. The number of nitrogens with two attached hydrogens (primary N) is 2. The van der Waals surface area contributed by atoms with Crippen molar-refractivity contribution >= 4 is 47.1 Å². The summed E-state index contributed by atoms with van der Waals surface area (Å²) in [5.41, 5.74) is 8.40. The lowest BCUT2D eigenvalue weighted by atomic mass is 9.90. The van der Waals surface area contributed by atoms with E-state index in [9.17, 15) is 18.0 Å². The summed E-state index contributed by atoms with van der Waals surface area (Å²) < 4.78 is 47.1. The first-order chi connectivity index (χ1) is 13.2. The highest BCUT2D eigenvalue weighted by molar-refractivity contribution is 6.30. The minimum atomic E-state index is -3.10. The number of anilines is 2. The molecule has 29 heavy (non-hydrogen) atoms. The van der Waals surface area contributed by atoms with Gasteiger partial charge in [0.2, 0.25) is 0 Å². The summed E-state index contributed by atoms with van der Waals surface area (Å²) >= 11 is 5.74. The van der Waals surface area contributed by atoms with E-state index in [1.807, 2.05) is 0 Å². The predicted octanol–water partition coefficient (Wildman–Crippen LogP) is 2.98. The largest absolute Gasteiger partial charge is 0.397 e. The van der Waals surface area contributed by atoms with Gasteiger partial charge < -0.3 is 21.5 Å². The van der Waals surface area contributed by atoms with Crippen LogP contribution in [0.25, 0.3) is 0 Å². The van der Waals surface area contributed by atoms with Gasteiger partial charge in [0, 0.05) is 17.4 Å². The Balaban J connectivity index is 0.00000300. The number of benzene rings is 1. The highest BCUT2D eigenvalue weighted by Gasteiger charge is 2.46. The molecule has 156 valence electrons. The summed E-state index contributed by atoms with van der Waals surface area (Å²) in [5, 5.41) is 2.68. The molecule has 0 radical (unpaired) electrons. The van der Waals surface area contributed by atoms with Crippen molar-refractivity contribution in [2.45, 2.75) is 12.0 Å². The zero-order valence-electron chi connectivity index (χ0n) is 14.7. The molecule has 2 aromatic rings. The van der Waals surface area contributed by atoms with Gasteiger partial charge in [0.1, 0.15) is 18.3 Å². The van der Waals surface area contributed by atoms with E-state index in [2.05, 4.69) is 15.3 Å². The Bertz CT molecular complexity index is 961. The van der Waals surface area contributed by atoms with Crippen molar-refractivity contribution in [3.63, 3.8) is 0 Å². The van der Waals surface area contributed by atoms with Crippen molar-refractivity contribution in [3.05, 3.63) is 52.6 Å². The van der Waals surface area contributed by atoms with E-state index >= 15 is 0 Å². The Morgan fingerprint density at radius 1 is 1.31 bits per heavy atom. The van der Waals surface area contributed by atoms with Crippen molar-refractivity contribution in [3.8, 4) is 0 Å². The number of halogens is 5. The van der Waals surface area contributed by atoms with Gasteiger partial charge in [-0.2, -0.15) is 0 Å². The second-order valence-electron chi connectivity index (χ2n) is 6.06. The number of pyridine rings is 1. The number of aromatic nitrogens is 1. The van der Waals surface area contributed by atoms with Crippen LogP contribution in [-0.4, -0.2) is 36.4 Å². The minimum Gasteiger partial charge on any atom is -0.397 e. The Hall–Kier alpha value is -2.56. The second-order valence-corrected chi connectivity index (χ2v) is 6.50. The third-order valence-electron chi connectivity index (χ3n) is 4.07. The summed E-state index contributed by atoms with van der Waals surface area (Å²) in [4.78, 5) is 20.0. The molecule has 1 aromatic heterocycles. The first kappa shape index (κ1) is 22.7. The Morgan fingerprint density at radius 3 is 2.66 bits per heavy atom. The van der Waals surface area contributed by atoms with Gasteiger partial charge in [-0.1, -0.05) is 11.6 Å². The summed E-state index contributed by atoms with van der Waals surface area (Å²) in [6.45, 7) is -0.695. The molecule has 0 fully saturated rings. The molecular weight excluding hydrogens is 434 g/mol. The summed E-state index contributed by atoms with van der Waals surface area (Å²) in [5.74, 6) is -1.84. The van der Waals surface area contributed by atoms with Crippen LogP contribution in [0.4, 0.5) is 24.5 Å². The fourth-order valence-electron chi connectivity index (χ4n) is 2.77. The normalized spacial score (nSPS) is 18.7. The number of nitrogen functional groups attached to an aromatic ring is 1. The number of ether oxygens (including phenoxy) is 1. The van der Waals surface area contributed by atoms with Crippen molar-refractivity contribution in [1.29, 1.82) is 0 Å². The Labute approximate surface area is 174 Å². The number of carbonyl (C=O) groups excluding carboxylic acids is 1. The molecule has 0 spiro atoms. The molecule has 5 N–H and O–H groups in total. The molecule has 7 nitrogen and oxygen atoms in total. The molecule has 3 rings (SSSR count). The van der Waals surface area contributed by atoms with Crippen molar-refractivity contribution in [2.24, 2.45) is 10.7 Å². The number of amidine groups is 1. The van der Waals surface area contributed by atoms with Gasteiger partial charge in [0.25, 0.3) is 12.3 Å². The molecule has 0 saturated carbocycles. The highest BCUT2D eigenvalue weighted by Crippen LogP contribution is 2.38. The summed E-state index contributed by atoms with van der Waals surface area (Å²) in [6, 6.07) is 4.53. The zero-order chi connectivity index (χ0) is 20.5. The number of hydrogen-bond donors (Lipinski definition) is 3. The predicted molar refractivity (Wildman–Crippen MR) is 105 cm³/mol. The monoisotopic (exact) mass is 449 g/mol. The number of nitrogens with one attached hydrogen (secondary N) is 1. The molecule has 1 aromatic carbocycles. The molecular formula is C17H16Cl2F3N5O2. The van der Waals surface area contributed by atoms with Crippen LogP contribution in [0.15, 0.2) is 35.5 Å². The molecule has 0 saturated heterocycles. The number of carbonyl (C=O) groups is 1. The van der Waals surface area contributed by atoms with Crippen molar-refractivity contribution < 1.29 is 22.7 Å². The van der Waals surface area contributed by atoms with Gasteiger partial charge >= 0.3 is 0 Å². The van der Waals surface area contributed by atoms with Crippen LogP contribution in [0.3, 0.4) is 0 Å². The van der Waals surface area contributed by atoms with E-state index in [1.54, 1.807) is 0 Å². The van der Waals surface area contributed by atoms with E-state index in [0.717, 1.165) is 12.1 Å². The van der Waals surface area contributed by atoms with Gasteiger partial charge in [-0.3, -0.25) is 9.79 Å². The lowest BCUT2D eigenvalue weighted by Crippen LogP contribution is -2.45. The second kappa shape index (κ2) is 8.85. The third kappa shape index (κ3) is 4.55. The number of nitrogens with zero attached hydrogens (tertiary/aromatic N) is 2. The molecule has 1 aliphatic rings. The topological polar surface area (TPSA) is 116 Å². The SMILES string of the molecule is Cl.NC1=N[C@@](c2cc(NC(=O)c3ncc(Cl)cc3N)ccc2F)(C(F)F)COC1. The van der Waals surface area contributed by atoms with Crippen LogP contribution >= 0.6 is 24.0 Å². The van der Waals surface area contributed by atoms with Gasteiger partial charge in [0.15, 0.2) is 11.2 Å². The zero-order valence-corrected chi connectivity index (χ0v) is 16.2. The van der Waals surface area contributed by atoms with Gasteiger partial charge in [-0.25, -0.2) is 18.2 Å². The van der Waals surface area contributed by atoms with Crippen molar-refractivity contribution in [1.82, 2.24) is 4.98 Å². The van der Waals surface area contributed by atoms with Gasteiger partial charge in [-0.05, 0) is 24.3 Å². The fraction of sp³-hybridized carbons (Fsp3) is 0.235. The van der Waals surface area contributed by atoms with E-state index in [4.69, 9.17) is 27.8 Å². The number of rotatable bonds is 4. The average Bonchev–Trinajstić information content (AvgIpc) is 2.62.